The van der Waals surface area contributed by atoms with Gasteiger partial charge in [-0.2, -0.15) is 5.10 Å². The molecule has 0 radical (unpaired) electrons. The van der Waals surface area contributed by atoms with Gasteiger partial charge in [-0.05, 0) is 18.2 Å². The molecule has 4 nitrogen and oxygen atoms in total. The Labute approximate surface area is 99.1 Å². The molecule has 84 valence electrons. The lowest BCUT2D eigenvalue weighted by molar-refractivity contribution is -0.114. The number of Topliss-reactive ketones (excluding diaryl/α,β-unsaturated/α-hetero) is 2. The molecule has 0 heterocycles. The number of ketones is 2. The first-order valence-corrected chi connectivity index (χ1v) is 5.10. The molecule has 1 aromatic rings. The number of benzene rings is 1. The van der Waals surface area contributed by atoms with Gasteiger partial charge in [0.1, 0.15) is 0 Å². The lowest BCUT2D eigenvalue weighted by Gasteiger charge is -2.02. The zero-order valence-electron chi connectivity index (χ0n) is 9.02. The van der Waals surface area contributed by atoms with Crippen molar-refractivity contribution in [2.45, 2.75) is 18.7 Å². The van der Waals surface area contributed by atoms with E-state index in [0.717, 1.165) is 4.90 Å². The summed E-state index contributed by atoms with van der Waals surface area (Å²) in [6.45, 7) is 2.61. The molecule has 1 N–H and O–H groups in total. The fourth-order valence-electron chi connectivity index (χ4n) is 1.10. The second-order valence-corrected chi connectivity index (χ2v) is 3.75. The average Bonchev–Trinajstić information content (AvgIpc) is 2.16. The molecule has 5 heteroatoms. The van der Waals surface area contributed by atoms with Crippen molar-refractivity contribution in [2.75, 3.05) is 5.43 Å². The van der Waals surface area contributed by atoms with Crippen LogP contribution in [0.1, 0.15) is 13.8 Å². The van der Waals surface area contributed by atoms with Crippen LogP contribution in [0.15, 0.2) is 34.3 Å². The molecule has 0 atom stereocenters. The molecule has 0 saturated carbocycles. The second-order valence-electron chi connectivity index (χ2n) is 3.23. The first kappa shape index (κ1) is 12.4. The molecule has 0 bridgehead atoms. The molecule has 0 spiro atoms. The molecule has 0 unspecified atom stereocenters. The van der Waals surface area contributed by atoms with Gasteiger partial charge in [-0.1, -0.05) is 6.07 Å². The van der Waals surface area contributed by atoms with Gasteiger partial charge in [0.2, 0.25) is 0 Å². The summed E-state index contributed by atoms with van der Waals surface area (Å²) in [7, 11) is 0. The van der Waals surface area contributed by atoms with Crippen LogP contribution in [0, 0.1) is 0 Å². The first-order valence-electron chi connectivity index (χ1n) is 4.65. The Kier molecular flexibility index (Phi) is 4.25. The third-order valence-electron chi connectivity index (χ3n) is 1.81. The Morgan fingerprint density at radius 1 is 1.25 bits per heavy atom. The van der Waals surface area contributed by atoms with Crippen LogP contribution in [0.5, 0.6) is 0 Å². The maximum atomic E-state index is 11.1. The highest BCUT2D eigenvalue weighted by molar-refractivity contribution is 7.80. The van der Waals surface area contributed by atoms with Crippen LogP contribution in [0.25, 0.3) is 0 Å². The highest BCUT2D eigenvalue weighted by Crippen LogP contribution is 2.13. The van der Waals surface area contributed by atoms with Gasteiger partial charge in [0.05, 0.1) is 5.69 Å². The Bertz CT molecular complexity index is 439. The average molecular weight is 236 g/mol. The molecule has 0 saturated heterocycles. The normalized spacial score (nSPS) is 9.44. The van der Waals surface area contributed by atoms with Gasteiger partial charge in [0, 0.05) is 18.7 Å². The second kappa shape index (κ2) is 5.46. The van der Waals surface area contributed by atoms with E-state index in [1.807, 2.05) is 6.07 Å². The lowest BCUT2D eigenvalue weighted by atomic mass is 10.2. The van der Waals surface area contributed by atoms with E-state index in [9.17, 15) is 9.59 Å². The summed E-state index contributed by atoms with van der Waals surface area (Å²) >= 11 is 4.16. The molecular weight excluding hydrogens is 224 g/mol. The summed E-state index contributed by atoms with van der Waals surface area (Å²) < 4.78 is 0. The molecule has 0 fully saturated rings. The van der Waals surface area contributed by atoms with Crippen molar-refractivity contribution in [1.82, 2.24) is 0 Å². The van der Waals surface area contributed by atoms with Gasteiger partial charge < -0.3 is 0 Å². The highest BCUT2D eigenvalue weighted by Gasteiger charge is 2.11. The maximum Gasteiger partial charge on any atom is 0.183 e. The third kappa shape index (κ3) is 3.51. The van der Waals surface area contributed by atoms with Crippen LogP contribution in [0.3, 0.4) is 0 Å². The van der Waals surface area contributed by atoms with E-state index in [0.29, 0.717) is 5.69 Å². The summed E-state index contributed by atoms with van der Waals surface area (Å²) in [5.41, 5.74) is 3.23. The predicted octanol–water partition coefficient (Wildman–Crippen LogP) is 1.92. The van der Waals surface area contributed by atoms with Gasteiger partial charge in [-0.25, -0.2) is 0 Å². The number of anilines is 1. The van der Waals surface area contributed by atoms with E-state index in [4.69, 9.17) is 0 Å². The van der Waals surface area contributed by atoms with Crippen molar-refractivity contribution in [3.63, 3.8) is 0 Å². The number of nitrogens with zero attached hydrogens (tertiary/aromatic N) is 1. The van der Waals surface area contributed by atoms with Gasteiger partial charge in [-0.15, -0.1) is 12.6 Å². The Morgan fingerprint density at radius 3 is 2.38 bits per heavy atom. The summed E-state index contributed by atoms with van der Waals surface area (Å²) in [5.74, 6) is -0.718. The molecule has 1 aromatic carbocycles. The Balaban J connectivity index is 2.85. The van der Waals surface area contributed by atoms with Crippen molar-refractivity contribution < 1.29 is 9.59 Å². The molecule has 1 rings (SSSR count). The molecule has 0 aromatic heterocycles. The minimum atomic E-state index is -0.359. The summed E-state index contributed by atoms with van der Waals surface area (Å²) in [4.78, 5) is 22.9. The molecule has 0 aliphatic carbocycles. The minimum absolute atomic E-state index is 0.0930. The number of thiol groups is 1. The van der Waals surface area contributed by atoms with Crippen molar-refractivity contribution >= 4 is 35.6 Å². The van der Waals surface area contributed by atoms with Crippen LogP contribution in [-0.2, 0) is 9.59 Å². The van der Waals surface area contributed by atoms with Crippen LogP contribution >= 0.6 is 12.6 Å². The summed E-state index contributed by atoms with van der Waals surface area (Å²) in [6.07, 6.45) is 0. The monoisotopic (exact) mass is 236 g/mol. The van der Waals surface area contributed by atoms with Crippen molar-refractivity contribution in [2.24, 2.45) is 5.10 Å². The SMILES string of the molecule is CC(=O)C(=NNc1cccc(S)c1)C(C)=O. The lowest BCUT2D eigenvalue weighted by Crippen LogP contribution is -2.20. The van der Waals surface area contributed by atoms with Crippen LogP contribution < -0.4 is 5.43 Å². The molecule has 0 aliphatic heterocycles. The molecule has 16 heavy (non-hydrogen) atoms. The smallest absolute Gasteiger partial charge is 0.183 e. The van der Waals surface area contributed by atoms with Crippen LogP contribution in [0.2, 0.25) is 0 Å². The highest BCUT2D eigenvalue weighted by atomic mass is 32.1. The Hall–Kier alpha value is -1.62. The van der Waals surface area contributed by atoms with Crippen molar-refractivity contribution in [3.05, 3.63) is 24.3 Å². The van der Waals surface area contributed by atoms with Crippen LogP contribution in [0.4, 0.5) is 5.69 Å². The number of carbonyl (C=O) groups excluding carboxylic acids is 2. The number of rotatable bonds is 4. The van der Waals surface area contributed by atoms with Gasteiger partial charge in [0.15, 0.2) is 17.3 Å². The standard InChI is InChI=1S/C11H12N2O2S/c1-7(14)11(8(2)15)13-12-9-4-3-5-10(16)6-9/h3-6,12,16H,1-2H3. The zero-order chi connectivity index (χ0) is 12.1. The number of hydrazone groups is 1. The van der Waals surface area contributed by atoms with Crippen molar-refractivity contribution in [3.8, 4) is 0 Å². The number of nitrogens with one attached hydrogen (secondary N) is 1. The predicted molar refractivity (Wildman–Crippen MR) is 66.1 cm³/mol. The van der Waals surface area contributed by atoms with E-state index in [1.54, 1.807) is 18.2 Å². The summed E-state index contributed by atoms with van der Waals surface area (Å²) in [5, 5.41) is 3.77. The molecular formula is C11H12N2O2S. The summed E-state index contributed by atoms with van der Waals surface area (Å²) in [6, 6.07) is 7.11. The van der Waals surface area contributed by atoms with Gasteiger partial charge in [-0.3, -0.25) is 15.0 Å². The van der Waals surface area contributed by atoms with Gasteiger partial charge >= 0.3 is 0 Å². The number of carbonyl (C=O) groups is 2. The van der Waals surface area contributed by atoms with Crippen LogP contribution in [-0.4, -0.2) is 17.3 Å². The van der Waals surface area contributed by atoms with E-state index < -0.39 is 0 Å². The zero-order valence-corrected chi connectivity index (χ0v) is 9.91. The topological polar surface area (TPSA) is 58.5 Å². The van der Waals surface area contributed by atoms with E-state index in [-0.39, 0.29) is 17.3 Å². The number of hydrogen-bond donors (Lipinski definition) is 2. The molecule has 0 amide bonds. The quantitative estimate of drug-likeness (QED) is 0.363. The van der Waals surface area contributed by atoms with Crippen molar-refractivity contribution in [1.29, 1.82) is 0 Å². The van der Waals surface area contributed by atoms with E-state index >= 15 is 0 Å². The van der Waals surface area contributed by atoms with E-state index in [2.05, 4.69) is 23.2 Å². The fraction of sp³-hybridized carbons (Fsp3) is 0.182. The Morgan fingerprint density at radius 2 is 1.88 bits per heavy atom. The van der Waals surface area contributed by atoms with Gasteiger partial charge in [0.25, 0.3) is 0 Å². The largest absolute Gasteiger partial charge is 0.293 e. The first-order chi connectivity index (χ1) is 7.50. The fourth-order valence-corrected chi connectivity index (χ4v) is 1.33. The van der Waals surface area contributed by atoms with E-state index in [1.165, 1.54) is 13.8 Å². The third-order valence-corrected chi connectivity index (χ3v) is 2.09. The maximum absolute atomic E-state index is 11.1. The minimum Gasteiger partial charge on any atom is -0.293 e. The molecule has 0 aliphatic rings. The number of hydrogen-bond acceptors (Lipinski definition) is 5.